The van der Waals surface area contributed by atoms with Crippen LogP contribution in [0.15, 0.2) is 18.3 Å². The van der Waals surface area contributed by atoms with E-state index in [0.717, 1.165) is 12.4 Å². The van der Waals surface area contributed by atoms with E-state index in [1.165, 1.54) is 24.8 Å². The van der Waals surface area contributed by atoms with Crippen LogP contribution < -0.4 is 5.32 Å². The van der Waals surface area contributed by atoms with Crippen molar-refractivity contribution in [2.24, 2.45) is 0 Å². The first-order chi connectivity index (χ1) is 8.83. The van der Waals surface area contributed by atoms with E-state index in [1.807, 2.05) is 6.20 Å². The molecular formula is C16H27N3. The van der Waals surface area contributed by atoms with Crippen molar-refractivity contribution in [1.29, 1.82) is 0 Å². The molecule has 106 valence electrons. The summed E-state index contributed by atoms with van der Waals surface area (Å²) in [5.74, 6) is 0.987. The van der Waals surface area contributed by atoms with Gasteiger partial charge in [0.1, 0.15) is 5.82 Å². The summed E-state index contributed by atoms with van der Waals surface area (Å²) >= 11 is 0. The molecule has 1 aromatic rings. The lowest BCUT2D eigenvalue weighted by atomic mass is 9.75. The SMILES string of the molecule is CN(C)C1(CNc2ccc(C(C)(C)C)cn2)CCC1. The van der Waals surface area contributed by atoms with Gasteiger partial charge in [-0.25, -0.2) is 4.98 Å². The van der Waals surface area contributed by atoms with Crippen molar-refractivity contribution >= 4 is 5.82 Å². The molecule has 1 aliphatic carbocycles. The Morgan fingerprint density at radius 1 is 1.26 bits per heavy atom. The van der Waals surface area contributed by atoms with Gasteiger partial charge in [0.15, 0.2) is 0 Å². The van der Waals surface area contributed by atoms with Gasteiger partial charge >= 0.3 is 0 Å². The van der Waals surface area contributed by atoms with Crippen molar-refractivity contribution < 1.29 is 0 Å². The molecule has 1 aromatic heterocycles. The summed E-state index contributed by atoms with van der Waals surface area (Å²) in [6.07, 6.45) is 5.90. The molecule has 2 rings (SSSR count). The Morgan fingerprint density at radius 3 is 2.32 bits per heavy atom. The van der Waals surface area contributed by atoms with Gasteiger partial charge in [0.05, 0.1) is 0 Å². The van der Waals surface area contributed by atoms with Gasteiger partial charge in [0, 0.05) is 18.3 Å². The van der Waals surface area contributed by atoms with Gasteiger partial charge in [-0.2, -0.15) is 0 Å². The molecular weight excluding hydrogens is 234 g/mol. The van der Waals surface area contributed by atoms with Crippen LogP contribution in [0.2, 0.25) is 0 Å². The third-order valence-electron chi connectivity index (χ3n) is 4.46. The molecule has 19 heavy (non-hydrogen) atoms. The van der Waals surface area contributed by atoms with Crippen LogP contribution in [-0.4, -0.2) is 36.1 Å². The van der Waals surface area contributed by atoms with Crippen molar-refractivity contribution in [2.45, 2.75) is 51.0 Å². The Bertz CT molecular complexity index is 411. The summed E-state index contributed by atoms with van der Waals surface area (Å²) in [4.78, 5) is 6.89. The fourth-order valence-electron chi connectivity index (χ4n) is 2.56. The zero-order chi connectivity index (χ0) is 14.1. The lowest BCUT2D eigenvalue weighted by Gasteiger charge is -2.47. The van der Waals surface area contributed by atoms with Gasteiger partial charge in [-0.3, -0.25) is 0 Å². The fraction of sp³-hybridized carbons (Fsp3) is 0.688. The maximum Gasteiger partial charge on any atom is 0.125 e. The second-order valence-electron chi connectivity index (χ2n) is 7.01. The summed E-state index contributed by atoms with van der Waals surface area (Å²) in [7, 11) is 4.36. The summed E-state index contributed by atoms with van der Waals surface area (Å²) in [5, 5.41) is 3.49. The van der Waals surface area contributed by atoms with E-state index in [-0.39, 0.29) is 5.41 Å². The molecule has 1 saturated carbocycles. The molecule has 1 fully saturated rings. The van der Waals surface area contributed by atoms with Crippen LogP contribution in [0.3, 0.4) is 0 Å². The average Bonchev–Trinajstić information content (AvgIpc) is 2.26. The van der Waals surface area contributed by atoms with Gasteiger partial charge in [-0.1, -0.05) is 26.8 Å². The minimum Gasteiger partial charge on any atom is -0.368 e. The Labute approximate surface area is 117 Å². The van der Waals surface area contributed by atoms with Crippen LogP contribution in [0, 0.1) is 0 Å². The summed E-state index contributed by atoms with van der Waals surface area (Å²) in [6, 6.07) is 4.28. The predicted molar refractivity (Wildman–Crippen MR) is 81.7 cm³/mol. The lowest BCUT2D eigenvalue weighted by Crippen LogP contribution is -2.54. The molecule has 0 radical (unpaired) electrons. The molecule has 0 bridgehead atoms. The molecule has 0 aromatic carbocycles. The maximum atomic E-state index is 4.54. The summed E-state index contributed by atoms with van der Waals surface area (Å²) in [6.45, 7) is 7.63. The van der Waals surface area contributed by atoms with Crippen molar-refractivity contribution in [3.63, 3.8) is 0 Å². The van der Waals surface area contributed by atoms with Crippen LogP contribution in [0.25, 0.3) is 0 Å². The molecule has 0 aliphatic heterocycles. The number of hydrogen-bond donors (Lipinski definition) is 1. The fourth-order valence-corrected chi connectivity index (χ4v) is 2.56. The molecule has 1 heterocycles. The maximum absolute atomic E-state index is 4.54. The van der Waals surface area contributed by atoms with E-state index in [4.69, 9.17) is 0 Å². The van der Waals surface area contributed by atoms with E-state index in [2.05, 4.69) is 62.2 Å². The zero-order valence-electron chi connectivity index (χ0n) is 13.0. The van der Waals surface area contributed by atoms with Gasteiger partial charge in [0.2, 0.25) is 0 Å². The molecule has 3 heteroatoms. The monoisotopic (exact) mass is 261 g/mol. The number of nitrogens with one attached hydrogen (secondary N) is 1. The third kappa shape index (κ3) is 3.08. The van der Waals surface area contributed by atoms with Crippen molar-refractivity contribution in [3.05, 3.63) is 23.9 Å². The summed E-state index contributed by atoms with van der Waals surface area (Å²) < 4.78 is 0. The van der Waals surface area contributed by atoms with Crippen molar-refractivity contribution in [1.82, 2.24) is 9.88 Å². The molecule has 0 saturated heterocycles. The third-order valence-corrected chi connectivity index (χ3v) is 4.46. The molecule has 0 unspecified atom stereocenters. The molecule has 0 spiro atoms. The number of rotatable bonds is 4. The predicted octanol–water partition coefficient (Wildman–Crippen LogP) is 3.28. The second-order valence-corrected chi connectivity index (χ2v) is 7.01. The molecule has 0 amide bonds. The van der Waals surface area contributed by atoms with Gasteiger partial charge in [-0.15, -0.1) is 0 Å². The van der Waals surface area contributed by atoms with E-state index in [0.29, 0.717) is 5.54 Å². The first-order valence-electron chi connectivity index (χ1n) is 7.21. The topological polar surface area (TPSA) is 28.2 Å². The highest BCUT2D eigenvalue weighted by atomic mass is 15.2. The number of nitrogens with zero attached hydrogens (tertiary/aromatic N) is 2. The zero-order valence-corrected chi connectivity index (χ0v) is 13.0. The number of pyridine rings is 1. The Balaban J connectivity index is 1.97. The molecule has 1 N–H and O–H groups in total. The van der Waals surface area contributed by atoms with Crippen LogP contribution in [0.1, 0.15) is 45.6 Å². The Kier molecular flexibility index (Phi) is 3.86. The highest BCUT2D eigenvalue weighted by Gasteiger charge is 2.38. The number of aromatic nitrogens is 1. The normalized spacial score (nSPS) is 18.2. The first-order valence-corrected chi connectivity index (χ1v) is 7.21. The molecule has 1 aliphatic rings. The van der Waals surface area contributed by atoms with Gasteiger partial charge in [0.25, 0.3) is 0 Å². The van der Waals surface area contributed by atoms with Crippen LogP contribution in [0.5, 0.6) is 0 Å². The quantitative estimate of drug-likeness (QED) is 0.901. The van der Waals surface area contributed by atoms with E-state index in [1.54, 1.807) is 0 Å². The molecule has 0 atom stereocenters. The van der Waals surface area contributed by atoms with Crippen LogP contribution in [0.4, 0.5) is 5.82 Å². The standard InChI is InChI=1S/C16H27N3/c1-15(2,3)13-7-8-14(17-11-13)18-12-16(19(4)5)9-6-10-16/h7-8,11H,6,9-10,12H2,1-5H3,(H,17,18). The van der Waals surface area contributed by atoms with Crippen LogP contribution in [-0.2, 0) is 5.41 Å². The van der Waals surface area contributed by atoms with E-state index >= 15 is 0 Å². The minimum absolute atomic E-state index is 0.171. The number of anilines is 1. The average molecular weight is 261 g/mol. The van der Waals surface area contributed by atoms with Gasteiger partial charge in [-0.05, 0) is 50.4 Å². The van der Waals surface area contributed by atoms with Crippen molar-refractivity contribution in [3.8, 4) is 0 Å². The highest BCUT2D eigenvalue weighted by molar-refractivity contribution is 5.38. The Hall–Kier alpha value is -1.09. The van der Waals surface area contributed by atoms with Gasteiger partial charge < -0.3 is 10.2 Å². The second kappa shape index (κ2) is 5.12. The Morgan fingerprint density at radius 2 is 1.95 bits per heavy atom. The number of likely N-dealkylation sites (N-methyl/N-ethyl adjacent to an activating group) is 1. The van der Waals surface area contributed by atoms with E-state index < -0.39 is 0 Å². The van der Waals surface area contributed by atoms with Crippen molar-refractivity contribution in [2.75, 3.05) is 26.0 Å². The highest BCUT2D eigenvalue weighted by Crippen LogP contribution is 2.36. The minimum atomic E-state index is 0.171. The number of hydrogen-bond acceptors (Lipinski definition) is 3. The molecule has 3 nitrogen and oxygen atoms in total. The summed E-state index contributed by atoms with van der Waals surface area (Å²) in [5.41, 5.74) is 1.79. The van der Waals surface area contributed by atoms with Crippen LogP contribution >= 0.6 is 0 Å². The van der Waals surface area contributed by atoms with E-state index in [9.17, 15) is 0 Å². The first kappa shape index (κ1) is 14.3. The lowest BCUT2D eigenvalue weighted by molar-refractivity contribution is 0.0738. The largest absolute Gasteiger partial charge is 0.368 e. The smallest absolute Gasteiger partial charge is 0.125 e.